The summed E-state index contributed by atoms with van der Waals surface area (Å²) in [4.78, 5) is 37.0. The summed E-state index contributed by atoms with van der Waals surface area (Å²) in [5.41, 5.74) is 0.107. The minimum absolute atomic E-state index is 0.241. The van der Waals surface area contributed by atoms with Gasteiger partial charge >= 0.3 is 6.09 Å². The molecule has 1 aliphatic rings. The van der Waals surface area contributed by atoms with Crippen LogP contribution in [0.25, 0.3) is 6.08 Å². The number of benzene rings is 1. The molecule has 1 aromatic carbocycles. The van der Waals surface area contributed by atoms with Crippen LogP contribution in [-0.2, 0) is 23.8 Å². The summed E-state index contributed by atoms with van der Waals surface area (Å²) < 4.78 is 32.8. The van der Waals surface area contributed by atoms with Crippen molar-refractivity contribution in [1.29, 1.82) is 0 Å². The summed E-state index contributed by atoms with van der Waals surface area (Å²) in [5, 5.41) is 2.61. The fourth-order valence-electron chi connectivity index (χ4n) is 3.27. The number of nitrogens with zero attached hydrogens (tertiary/aromatic N) is 1. The molecule has 1 aromatic rings. The highest BCUT2D eigenvalue weighted by Gasteiger charge is 2.19. The largest absolute Gasteiger partial charge is 0.493 e. The molecular weight excluding hydrogens is 496 g/mol. The first kappa shape index (κ1) is 30.7. The molecule has 1 aliphatic heterocycles. The van der Waals surface area contributed by atoms with Crippen molar-refractivity contribution in [3.63, 3.8) is 0 Å². The minimum atomic E-state index is -0.540. The fraction of sp³-hybridized carbons (Fsp3) is 0.519. The second kappa shape index (κ2) is 15.6. The number of ether oxygens (including phenoxy) is 6. The Hall–Kier alpha value is -3.57. The number of hydrogen-bond acceptors (Lipinski definition) is 9. The van der Waals surface area contributed by atoms with Crippen LogP contribution in [0.4, 0.5) is 4.79 Å². The quantitative estimate of drug-likeness (QED) is 0.284. The van der Waals surface area contributed by atoms with Gasteiger partial charge in [0, 0.05) is 19.2 Å². The van der Waals surface area contributed by atoms with Gasteiger partial charge in [-0.05, 0) is 57.0 Å². The van der Waals surface area contributed by atoms with Crippen molar-refractivity contribution in [2.75, 3.05) is 60.3 Å². The Morgan fingerprint density at radius 2 is 1.63 bits per heavy atom. The summed E-state index contributed by atoms with van der Waals surface area (Å²) >= 11 is 0. The van der Waals surface area contributed by atoms with Crippen LogP contribution in [0.1, 0.15) is 32.8 Å². The highest BCUT2D eigenvalue weighted by molar-refractivity contribution is 6.06. The van der Waals surface area contributed by atoms with Crippen molar-refractivity contribution in [2.45, 2.75) is 32.8 Å². The van der Waals surface area contributed by atoms with Crippen LogP contribution in [0, 0.1) is 0 Å². The van der Waals surface area contributed by atoms with E-state index in [1.54, 1.807) is 45.1 Å². The number of amides is 3. The molecule has 3 amide bonds. The lowest BCUT2D eigenvalue weighted by atomic mass is 10.1. The molecule has 38 heavy (non-hydrogen) atoms. The van der Waals surface area contributed by atoms with E-state index in [0.29, 0.717) is 68.7 Å². The van der Waals surface area contributed by atoms with Crippen LogP contribution in [0.15, 0.2) is 30.4 Å². The van der Waals surface area contributed by atoms with Gasteiger partial charge in [0.15, 0.2) is 11.5 Å². The number of methoxy groups -OCH3 is 2. The number of carbonyl (C=O) groups is 3. The van der Waals surface area contributed by atoms with Gasteiger partial charge in [-0.1, -0.05) is 6.08 Å². The zero-order chi connectivity index (χ0) is 28.0. The predicted octanol–water partition coefficient (Wildman–Crippen LogP) is 2.97. The Labute approximate surface area is 223 Å². The normalized spacial score (nSPS) is 13.5. The molecule has 0 aromatic heterocycles. The molecule has 0 aliphatic carbocycles. The number of nitrogens with one attached hydrogen (secondary N) is 1. The van der Waals surface area contributed by atoms with E-state index in [1.165, 1.54) is 31.3 Å². The van der Waals surface area contributed by atoms with E-state index in [0.717, 1.165) is 0 Å². The zero-order valence-corrected chi connectivity index (χ0v) is 22.7. The maximum absolute atomic E-state index is 12.4. The first-order chi connectivity index (χ1) is 18.1. The molecule has 1 heterocycles. The number of imide groups is 1. The summed E-state index contributed by atoms with van der Waals surface area (Å²) in [6.07, 6.45) is 6.24. The van der Waals surface area contributed by atoms with E-state index in [1.807, 2.05) is 0 Å². The lowest BCUT2D eigenvalue weighted by Crippen LogP contribution is -2.37. The molecule has 0 fully saturated rings. The minimum Gasteiger partial charge on any atom is -0.493 e. The summed E-state index contributed by atoms with van der Waals surface area (Å²) in [5.74, 6) is 0.540. The van der Waals surface area contributed by atoms with Gasteiger partial charge in [-0.15, -0.1) is 0 Å². The molecule has 0 radical (unpaired) electrons. The zero-order valence-electron chi connectivity index (χ0n) is 22.7. The van der Waals surface area contributed by atoms with Crippen LogP contribution < -0.4 is 19.5 Å². The van der Waals surface area contributed by atoms with E-state index in [4.69, 9.17) is 28.4 Å². The van der Waals surface area contributed by atoms with Gasteiger partial charge in [0.25, 0.3) is 11.8 Å². The Morgan fingerprint density at radius 1 is 1.00 bits per heavy atom. The van der Waals surface area contributed by atoms with Gasteiger partial charge in [0.1, 0.15) is 12.2 Å². The van der Waals surface area contributed by atoms with Crippen molar-refractivity contribution in [1.82, 2.24) is 10.2 Å². The molecule has 1 N–H and O–H groups in total. The number of alkyl carbamates (subject to hydrolysis) is 1. The first-order valence-electron chi connectivity index (χ1n) is 12.4. The van der Waals surface area contributed by atoms with Gasteiger partial charge in [0.05, 0.1) is 40.6 Å². The van der Waals surface area contributed by atoms with Gasteiger partial charge in [-0.3, -0.25) is 14.5 Å². The van der Waals surface area contributed by atoms with Crippen LogP contribution in [0.3, 0.4) is 0 Å². The smallest absolute Gasteiger partial charge is 0.407 e. The highest BCUT2D eigenvalue weighted by Crippen LogP contribution is 2.39. The summed E-state index contributed by atoms with van der Waals surface area (Å²) in [7, 11) is 3.01. The lowest BCUT2D eigenvalue weighted by Gasteiger charge is -2.19. The molecule has 0 spiro atoms. The van der Waals surface area contributed by atoms with Crippen LogP contribution in [0.2, 0.25) is 0 Å². The molecule has 0 atom stereocenters. The third-order valence-corrected chi connectivity index (χ3v) is 4.97. The third kappa shape index (κ3) is 10.8. The van der Waals surface area contributed by atoms with Gasteiger partial charge < -0.3 is 33.7 Å². The number of hydrogen-bond donors (Lipinski definition) is 1. The Balaban J connectivity index is 1.74. The van der Waals surface area contributed by atoms with Gasteiger partial charge in [-0.2, -0.15) is 0 Å². The van der Waals surface area contributed by atoms with E-state index in [2.05, 4.69) is 5.32 Å². The molecule has 11 heteroatoms. The molecule has 0 bridgehead atoms. The van der Waals surface area contributed by atoms with Crippen molar-refractivity contribution in [3.8, 4) is 17.2 Å². The Bertz CT molecular complexity index is 974. The molecule has 11 nitrogen and oxygen atoms in total. The lowest BCUT2D eigenvalue weighted by molar-refractivity contribution is -0.139. The second-order valence-electron chi connectivity index (χ2n) is 9.11. The average Bonchev–Trinajstić information content (AvgIpc) is 2.87. The van der Waals surface area contributed by atoms with E-state index < -0.39 is 17.6 Å². The Kier molecular flexibility index (Phi) is 12.6. The summed E-state index contributed by atoms with van der Waals surface area (Å²) in [6, 6.07) is 3.42. The highest BCUT2D eigenvalue weighted by atomic mass is 16.6. The molecule has 0 unspecified atom stereocenters. The molecular formula is C27H38N2O9. The second-order valence-corrected chi connectivity index (χ2v) is 9.11. The van der Waals surface area contributed by atoms with E-state index in [9.17, 15) is 14.4 Å². The molecule has 0 saturated carbocycles. The van der Waals surface area contributed by atoms with Crippen LogP contribution in [0.5, 0.6) is 17.2 Å². The number of carbonyl (C=O) groups excluding carboxylic acids is 3. The van der Waals surface area contributed by atoms with Crippen LogP contribution in [-0.4, -0.2) is 88.8 Å². The monoisotopic (exact) mass is 534 g/mol. The fourth-order valence-corrected chi connectivity index (χ4v) is 3.27. The van der Waals surface area contributed by atoms with Crippen molar-refractivity contribution in [3.05, 3.63) is 35.9 Å². The molecule has 210 valence electrons. The van der Waals surface area contributed by atoms with Gasteiger partial charge in [0.2, 0.25) is 5.75 Å². The Morgan fingerprint density at radius 3 is 2.24 bits per heavy atom. The molecule has 0 saturated heterocycles. The van der Waals surface area contributed by atoms with Crippen molar-refractivity contribution in [2.24, 2.45) is 0 Å². The maximum Gasteiger partial charge on any atom is 0.407 e. The van der Waals surface area contributed by atoms with Crippen molar-refractivity contribution >= 4 is 24.0 Å². The molecule has 2 rings (SSSR count). The van der Waals surface area contributed by atoms with Crippen LogP contribution >= 0.6 is 0 Å². The van der Waals surface area contributed by atoms with E-state index in [-0.39, 0.29) is 12.5 Å². The van der Waals surface area contributed by atoms with Gasteiger partial charge in [-0.25, -0.2) is 4.79 Å². The average molecular weight is 535 g/mol. The first-order valence-corrected chi connectivity index (χ1v) is 12.4. The third-order valence-electron chi connectivity index (χ3n) is 4.97. The van der Waals surface area contributed by atoms with Crippen molar-refractivity contribution < 1.29 is 42.8 Å². The maximum atomic E-state index is 12.4. The predicted molar refractivity (Wildman–Crippen MR) is 140 cm³/mol. The standard InChI is InChI=1S/C27H38N2O9/c1-27(2,3)38-26(32)28-11-13-35-14-15-36-16-17-37-25-21(33-4)18-20(19-22(25)34-5)9-10-24(31)29-12-7-6-8-23(29)30/h6,8-10,18-19H,7,11-17H2,1-5H3,(H,28,32)/b10-9+. The number of rotatable bonds is 14. The van der Waals surface area contributed by atoms with E-state index >= 15 is 0 Å². The summed E-state index contributed by atoms with van der Waals surface area (Å²) in [6.45, 7) is 7.70. The SMILES string of the molecule is COc1cc(/C=C/C(=O)N2CCC=CC2=O)cc(OC)c1OCCOCCOCCNC(=O)OC(C)(C)C. The topological polar surface area (TPSA) is 122 Å².